The number of benzene rings is 1. The molecule has 0 saturated heterocycles. The summed E-state index contributed by atoms with van der Waals surface area (Å²) in [7, 11) is 0. The molecule has 1 aromatic carbocycles. The fourth-order valence-electron chi connectivity index (χ4n) is 2.66. The average molecular weight is 257 g/mol. The number of hydrogen-bond acceptors (Lipinski definition) is 3. The van der Waals surface area contributed by atoms with Crippen molar-refractivity contribution < 1.29 is 4.74 Å². The van der Waals surface area contributed by atoms with Crippen molar-refractivity contribution in [2.24, 2.45) is 5.73 Å². The summed E-state index contributed by atoms with van der Waals surface area (Å²) in [6.07, 6.45) is 5.95. The summed E-state index contributed by atoms with van der Waals surface area (Å²) >= 11 is 0. The number of aryl methyl sites for hydroxylation is 1. The molecule has 4 heteroatoms. The molecule has 2 aromatic rings. The van der Waals surface area contributed by atoms with Crippen LogP contribution in [0, 0.1) is 0 Å². The minimum atomic E-state index is 0.505. The minimum Gasteiger partial charge on any atom is -0.493 e. The highest BCUT2D eigenvalue weighted by Crippen LogP contribution is 2.34. The summed E-state index contributed by atoms with van der Waals surface area (Å²) in [4.78, 5) is 4.49. The van der Waals surface area contributed by atoms with Gasteiger partial charge in [0.05, 0.1) is 6.61 Å². The van der Waals surface area contributed by atoms with Gasteiger partial charge in [0, 0.05) is 43.0 Å². The second-order valence-corrected chi connectivity index (χ2v) is 4.87. The number of imidazole rings is 1. The van der Waals surface area contributed by atoms with E-state index in [0.717, 1.165) is 48.7 Å². The van der Waals surface area contributed by atoms with Gasteiger partial charge in [-0.1, -0.05) is 6.92 Å². The van der Waals surface area contributed by atoms with Crippen molar-refractivity contribution in [2.75, 3.05) is 6.61 Å². The van der Waals surface area contributed by atoms with Crippen LogP contribution in [0.15, 0.2) is 24.5 Å². The zero-order valence-corrected chi connectivity index (χ0v) is 11.2. The molecule has 0 amide bonds. The van der Waals surface area contributed by atoms with Crippen molar-refractivity contribution >= 4 is 0 Å². The Hall–Kier alpha value is -1.81. The van der Waals surface area contributed by atoms with Crippen molar-refractivity contribution in [3.63, 3.8) is 0 Å². The molecule has 0 radical (unpaired) electrons. The molecule has 19 heavy (non-hydrogen) atoms. The van der Waals surface area contributed by atoms with Gasteiger partial charge in [-0.3, -0.25) is 0 Å². The van der Waals surface area contributed by atoms with Gasteiger partial charge < -0.3 is 15.0 Å². The first kappa shape index (κ1) is 12.2. The Labute approximate surface area is 113 Å². The number of ether oxygens (including phenoxy) is 1. The van der Waals surface area contributed by atoms with Gasteiger partial charge in [0.1, 0.15) is 11.6 Å². The SMILES string of the molecule is CCCn1ccnc1-c1cc(CN)c2c(c1)CCO2. The molecule has 0 unspecified atom stereocenters. The van der Waals surface area contributed by atoms with E-state index in [1.54, 1.807) is 0 Å². The molecule has 1 aliphatic rings. The van der Waals surface area contributed by atoms with E-state index >= 15 is 0 Å². The van der Waals surface area contributed by atoms with Crippen LogP contribution in [-0.4, -0.2) is 16.2 Å². The standard InChI is InChI=1S/C15H19N3O/c1-2-5-18-6-4-17-15(18)12-8-11-3-7-19-14(11)13(9-12)10-16/h4,6,8-9H,2-3,5,7,10,16H2,1H3. The van der Waals surface area contributed by atoms with Crippen LogP contribution in [0.2, 0.25) is 0 Å². The number of nitrogens with two attached hydrogens (primary N) is 1. The molecular weight excluding hydrogens is 238 g/mol. The fourth-order valence-corrected chi connectivity index (χ4v) is 2.66. The lowest BCUT2D eigenvalue weighted by atomic mass is 10.0. The molecule has 2 N–H and O–H groups in total. The number of hydrogen-bond donors (Lipinski definition) is 1. The molecule has 3 rings (SSSR count). The van der Waals surface area contributed by atoms with Gasteiger partial charge in [-0.2, -0.15) is 0 Å². The van der Waals surface area contributed by atoms with E-state index in [1.807, 2.05) is 12.4 Å². The highest BCUT2D eigenvalue weighted by Gasteiger charge is 2.18. The lowest BCUT2D eigenvalue weighted by Gasteiger charge is -2.11. The van der Waals surface area contributed by atoms with Gasteiger partial charge in [-0.05, 0) is 24.1 Å². The van der Waals surface area contributed by atoms with Gasteiger partial charge >= 0.3 is 0 Å². The monoisotopic (exact) mass is 257 g/mol. The Morgan fingerprint density at radius 3 is 3.11 bits per heavy atom. The van der Waals surface area contributed by atoms with Crippen LogP contribution >= 0.6 is 0 Å². The van der Waals surface area contributed by atoms with Gasteiger partial charge in [0.2, 0.25) is 0 Å². The zero-order chi connectivity index (χ0) is 13.2. The van der Waals surface area contributed by atoms with Crippen molar-refractivity contribution in [3.8, 4) is 17.1 Å². The normalized spacial score (nSPS) is 13.4. The molecule has 1 aliphatic heterocycles. The van der Waals surface area contributed by atoms with E-state index < -0.39 is 0 Å². The number of aromatic nitrogens is 2. The summed E-state index contributed by atoms with van der Waals surface area (Å²) in [5.41, 5.74) is 9.31. The topological polar surface area (TPSA) is 53.1 Å². The largest absolute Gasteiger partial charge is 0.493 e. The fraction of sp³-hybridized carbons (Fsp3) is 0.400. The van der Waals surface area contributed by atoms with Gasteiger partial charge in [-0.25, -0.2) is 4.98 Å². The van der Waals surface area contributed by atoms with Crippen LogP contribution in [0.25, 0.3) is 11.4 Å². The summed E-state index contributed by atoms with van der Waals surface area (Å²) in [5.74, 6) is 2.01. The third kappa shape index (κ3) is 2.12. The maximum atomic E-state index is 5.83. The first-order valence-corrected chi connectivity index (χ1v) is 6.83. The molecule has 0 saturated carbocycles. The summed E-state index contributed by atoms with van der Waals surface area (Å²) in [6.45, 7) is 4.42. The van der Waals surface area contributed by atoms with E-state index in [9.17, 15) is 0 Å². The second-order valence-electron chi connectivity index (χ2n) is 4.87. The molecule has 1 aromatic heterocycles. The molecule has 100 valence electrons. The molecular formula is C15H19N3O. The summed E-state index contributed by atoms with van der Waals surface area (Å²) < 4.78 is 7.86. The van der Waals surface area contributed by atoms with Crippen molar-refractivity contribution in [3.05, 3.63) is 35.7 Å². The minimum absolute atomic E-state index is 0.505. The van der Waals surface area contributed by atoms with Crippen LogP contribution in [0.1, 0.15) is 24.5 Å². The Morgan fingerprint density at radius 2 is 2.32 bits per heavy atom. The van der Waals surface area contributed by atoms with E-state index in [4.69, 9.17) is 10.5 Å². The predicted molar refractivity (Wildman–Crippen MR) is 75.0 cm³/mol. The first-order chi connectivity index (χ1) is 9.33. The van der Waals surface area contributed by atoms with Gasteiger partial charge in [0.15, 0.2) is 0 Å². The second kappa shape index (κ2) is 5.05. The average Bonchev–Trinajstić information content (AvgIpc) is 3.06. The van der Waals surface area contributed by atoms with Crippen molar-refractivity contribution in [2.45, 2.75) is 32.9 Å². The predicted octanol–water partition coefficient (Wildman–Crippen LogP) is 2.35. The third-order valence-corrected chi connectivity index (χ3v) is 3.52. The summed E-state index contributed by atoms with van der Waals surface area (Å²) in [5, 5.41) is 0. The quantitative estimate of drug-likeness (QED) is 0.914. The highest BCUT2D eigenvalue weighted by molar-refractivity contribution is 5.63. The van der Waals surface area contributed by atoms with Crippen molar-refractivity contribution in [1.29, 1.82) is 0 Å². The van der Waals surface area contributed by atoms with E-state index in [-0.39, 0.29) is 0 Å². The van der Waals surface area contributed by atoms with Crippen LogP contribution in [0.3, 0.4) is 0 Å². The Bertz CT molecular complexity index is 589. The van der Waals surface area contributed by atoms with Crippen LogP contribution in [0.5, 0.6) is 5.75 Å². The van der Waals surface area contributed by atoms with E-state index in [0.29, 0.717) is 6.54 Å². The number of nitrogens with zero attached hydrogens (tertiary/aromatic N) is 2. The van der Waals surface area contributed by atoms with Crippen LogP contribution in [0.4, 0.5) is 0 Å². The lowest BCUT2D eigenvalue weighted by molar-refractivity contribution is 0.353. The van der Waals surface area contributed by atoms with Crippen LogP contribution < -0.4 is 10.5 Å². The number of fused-ring (bicyclic) bond motifs is 1. The Kier molecular flexibility index (Phi) is 3.25. The molecule has 0 bridgehead atoms. The first-order valence-electron chi connectivity index (χ1n) is 6.83. The number of rotatable bonds is 4. The van der Waals surface area contributed by atoms with E-state index in [1.165, 1.54) is 5.56 Å². The van der Waals surface area contributed by atoms with Gasteiger partial charge in [-0.15, -0.1) is 0 Å². The molecule has 0 atom stereocenters. The maximum absolute atomic E-state index is 5.83. The van der Waals surface area contributed by atoms with Crippen molar-refractivity contribution in [1.82, 2.24) is 9.55 Å². The lowest BCUT2D eigenvalue weighted by Crippen LogP contribution is -2.02. The highest BCUT2D eigenvalue weighted by atomic mass is 16.5. The summed E-state index contributed by atoms with van der Waals surface area (Å²) in [6, 6.07) is 4.30. The maximum Gasteiger partial charge on any atom is 0.139 e. The van der Waals surface area contributed by atoms with Gasteiger partial charge in [0.25, 0.3) is 0 Å². The molecule has 2 heterocycles. The molecule has 4 nitrogen and oxygen atoms in total. The van der Waals surface area contributed by atoms with Crippen LogP contribution in [-0.2, 0) is 19.5 Å². The Balaban J connectivity index is 2.08. The smallest absolute Gasteiger partial charge is 0.139 e. The third-order valence-electron chi connectivity index (χ3n) is 3.52. The Morgan fingerprint density at radius 1 is 1.42 bits per heavy atom. The van der Waals surface area contributed by atoms with E-state index in [2.05, 4.69) is 28.6 Å². The molecule has 0 aliphatic carbocycles. The molecule has 0 spiro atoms. The zero-order valence-electron chi connectivity index (χ0n) is 11.2. The molecule has 0 fully saturated rings.